The summed E-state index contributed by atoms with van der Waals surface area (Å²) in [5, 5.41) is 2.62. The minimum absolute atomic E-state index is 0.0135. The van der Waals surface area contributed by atoms with Crippen LogP contribution in [0.1, 0.15) is 13.8 Å². The average Bonchev–Trinajstić information content (AvgIpc) is 2.31. The predicted octanol–water partition coefficient (Wildman–Crippen LogP) is 2.21. The van der Waals surface area contributed by atoms with Crippen molar-refractivity contribution in [2.45, 2.75) is 13.8 Å². The van der Waals surface area contributed by atoms with E-state index in [1.165, 1.54) is 11.0 Å². The zero-order chi connectivity index (χ0) is 14.4. The minimum atomic E-state index is -0.284. The van der Waals surface area contributed by atoms with Crippen molar-refractivity contribution in [3.8, 4) is 0 Å². The molecule has 0 atom stereocenters. The van der Waals surface area contributed by atoms with Gasteiger partial charge in [-0.25, -0.2) is 4.98 Å². The van der Waals surface area contributed by atoms with Crippen molar-refractivity contribution in [1.29, 1.82) is 0 Å². The Labute approximate surface area is 120 Å². The quantitative estimate of drug-likeness (QED) is 0.863. The highest BCUT2D eigenvalue weighted by Gasteiger charge is 2.11. The molecule has 0 radical (unpaired) electrons. The van der Waals surface area contributed by atoms with Gasteiger partial charge in [0.1, 0.15) is 5.82 Å². The van der Waals surface area contributed by atoms with Gasteiger partial charge in [-0.2, -0.15) is 0 Å². The minimum Gasteiger partial charge on any atom is -0.333 e. The molecule has 0 saturated heterocycles. The second-order valence-electron chi connectivity index (χ2n) is 4.33. The van der Waals surface area contributed by atoms with Crippen molar-refractivity contribution >= 4 is 33.6 Å². The van der Waals surface area contributed by atoms with Crippen LogP contribution in [0, 0.1) is 0 Å². The van der Waals surface area contributed by atoms with Gasteiger partial charge in [-0.1, -0.05) is 5.57 Å². The van der Waals surface area contributed by atoms with E-state index >= 15 is 0 Å². The Kier molecular flexibility index (Phi) is 5.69. The number of allylic oxidation sites excluding steroid dienone is 1. The molecule has 0 unspecified atom stereocenters. The predicted molar refractivity (Wildman–Crippen MR) is 77.6 cm³/mol. The lowest BCUT2D eigenvalue weighted by atomic mass is 10.3. The van der Waals surface area contributed by atoms with Crippen LogP contribution in [0.5, 0.6) is 0 Å². The van der Waals surface area contributed by atoms with Crippen LogP contribution in [0.2, 0.25) is 0 Å². The van der Waals surface area contributed by atoms with Gasteiger partial charge in [0.05, 0.1) is 6.54 Å². The lowest BCUT2D eigenvalue weighted by molar-refractivity contribution is -0.129. The lowest BCUT2D eigenvalue weighted by Crippen LogP contribution is -2.34. The number of likely N-dealkylation sites (N-methyl/N-ethyl adjacent to an activating group) is 1. The fraction of sp³-hybridized carbons (Fsp3) is 0.308. The number of carbonyl (C=O) groups is 2. The van der Waals surface area contributed by atoms with Crippen LogP contribution in [0.4, 0.5) is 5.82 Å². The van der Waals surface area contributed by atoms with E-state index in [4.69, 9.17) is 0 Å². The first-order valence-corrected chi connectivity index (χ1v) is 6.49. The Morgan fingerprint density at radius 1 is 1.42 bits per heavy atom. The molecule has 0 aromatic carbocycles. The molecular weight excluding hydrogens is 310 g/mol. The van der Waals surface area contributed by atoms with Gasteiger partial charge < -0.3 is 10.2 Å². The SMILES string of the molecule is CC(C)=CC(=O)N(C)CC(=O)Nc1ccc(Br)cn1. The van der Waals surface area contributed by atoms with Gasteiger partial charge >= 0.3 is 0 Å². The molecule has 1 aromatic rings. The van der Waals surface area contributed by atoms with E-state index < -0.39 is 0 Å². The molecule has 0 aliphatic heterocycles. The van der Waals surface area contributed by atoms with Crippen LogP contribution >= 0.6 is 15.9 Å². The Hall–Kier alpha value is -1.69. The number of hydrogen-bond acceptors (Lipinski definition) is 3. The highest BCUT2D eigenvalue weighted by atomic mass is 79.9. The number of amides is 2. The van der Waals surface area contributed by atoms with Crippen LogP contribution in [-0.4, -0.2) is 35.3 Å². The summed E-state index contributed by atoms with van der Waals surface area (Å²) in [6.45, 7) is 3.65. The van der Waals surface area contributed by atoms with Crippen LogP contribution in [0.25, 0.3) is 0 Å². The summed E-state index contributed by atoms with van der Waals surface area (Å²) in [5.41, 5.74) is 0.895. The smallest absolute Gasteiger partial charge is 0.246 e. The molecule has 1 aromatic heterocycles. The number of nitrogens with one attached hydrogen (secondary N) is 1. The number of carbonyl (C=O) groups excluding carboxylic acids is 2. The van der Waals surface area contributed by atoms with Crippen molar-refractivity contribution in [2.75, 3.05) is 18.9 Å². The molecule has 0 saturated carbocycles. The summed E-state index contributed by atoms with van der Waals surface area (Å²) >= 11 is 3.26. The summed E-state index contributed by atoms with van der Waals surface area (Å²) in [6.07, 6.45) is 3.08. The van der Waals surface area contributed by atoms with Crippen molar-refractivity contribution in [3.63, 3.8) is 0 Å². The van der Waals surface area contributed by atoms with Gasteiger partial charge in [0.25, 0.3) is 0 Å². The number of anilines is 1. The molecule has 0 fully saturated rings. The molecule has 19 heavy (non-hydrogen) atoms. The van der Waals surface area contributed by atoms with E-state index in [1.807, 2.05) is 13.8 Å². The van der Waals surface area contributed by atoms with Crippen LogP contribution in [-0.2, 0) is 9.59 Å². The van der Waals surface area contributed by atoms with Crippen molar-refractivity contribution in [1.82, 2.24) is 9.88 Å². The van der Waals surface area contributed by atoms with E-state index in [1.54, 1.807) is 25.4 Å². The summed E-state index contributed by atoms with van der Waals surface area (Å²) in [4.78, 5) is 28.7. The van der Waals surface area contributed by atoms with E-state index in [0.717, 1.165) is 10.0 Å². The zero-order valence-electron chi connectivity index (χ0n) is 11.1. The molecule has 102 valence electrons. The Balaban J connectivity index is 2.53. The standard InChI is InChI=1S/C13H16BrN3O2/c1-9(2)6-13(19)17(3)8-12(18)16-11-5-4-10(14)7-15-11/h4-7H,8H2,1-3H3,(H,15,16,18). The second kappa shape index (κ2) is 7.04. The van der Waals surface area contributed by atoms with Crippen LogP contribution in [0.3, 0.4) is 0 Å². The summed E-state index contributed by atoms with van der Waals surface area (Å²) < 4.78 is 0.835. The number of pyridine rings is 1. The normalized spacial score (nSPS) is 9.68. The highest BCUT2D eigenvalue weighted by molar-refractivity contribution is 9.10. The van der Waals surface area contributed by atoms with Crippen molar-refractivity contribution < 1.29 is 9.59 Å². The topological polar surface area (TPSA) is 62.3 Å². The van der Waals surface area contributed by atoms with Gasteiger partial charge in [-0.05, 0) is 41.9 Å². The number of aromatic nitrogens is 1. The van der Waals surface area contributed by atoms with Crippen LogP contribution < -0.4 is 5.32 Å². The third-order valence-corrected chi connectivity index (χ3v) is 2.63. The molecule has 0 spiro atoms. The first-order chi connectivity index (χ1) is 8.88. The zero-order valence-corrected chi connectivity index (χ0v) is 12.7. The number of hydrogen-bond donors (Lipinski definition) is 1. The fourth-order valence-corrected chi connectivity index (χ4v) is 1.52. The highest BCUT2D eigenvalue weighted by Crippen LogP contribution is 2.10. The summed E-state index contributed by atoms with van der Waals surface area (Å²) in [5.74, 6) is -0.0250. The first-order valence-electron chi connectivity index (χ1n) is 5.70. The number of halogens is 1. The van der Waals surface area contributed by atoms with Gasteiger partial charge in [0.2, 0.25) is 11.8 Å². The van der Waals surface area contributed by atoms with Gasteiger partial charge in [-0.15, -0.1) is 0 Å². The van der Waals surface area contributed by atoms with Gasteiger partial charge in [0, 0.05) is 23.8 Å². The number of nitrogens with zero attached hydrogens (tertiary/aromatic N) is 2. The number of rotatable bonds is 4. The Bertz CT molecular complexity index is 493. The molecular formula is C13H16BrN3O2. The summed E-state index contributed by atoms with van der Waals surface area (Å²) in [6, 6.07) is 3.46. The molecule has 0 aliphatic rings. The largest absolute Gasteiger partial charge is 0.333 e. The lowest BCUT2D eigenvalue weighted by Gasteiger charge is -2.14. The third kappa shape index (κ3) is 5.65. The molecule has 0 aliphatic carbocycles. The first kappa shape index (κ1) is 15.4. The molecule has 5 nitrogen and oxygen atoms in total. The maximum absolute atomic E-state index is 11.7. The molecule has 1 heterocycles. The molecule has 0 bridgehead atoms. The van der Waals surface area contributed by atoms with E-state index in [0.29, 0.717) is 5.82 Å². The van der Waals surface area contributed by atoms with Gasteiger partial charge in [0.15, 0.2) is 0 Å². The third-order valence-electron chi connectivity index (χ3n) is 2.16. The van der Waals surface area contributed by atoms with Crippen molar-refractivity contribution in [2.24, 2.45) is 0 Å². The average molecular weight is 326 g/mol. The Morgan fingerprint density at radius 2 is 2.11 bits per heavy atom. The van der Waals surface area contributed by atoms with Crippen molar-refractivity contribution in [3.05, 3.63) is 34.5 Å². The Morgan fingerprint density at radius 3 is 2.63 bits per heavy atom. The fourth-order valence-electron chi connectivity index (χ4n) is 1.28. The van der Waals surface area contributed by atoms with E-state index in [-0.39, 0.29) is 18.4 Å². The molecule has 1 N–H and O–H groups in total. The second-order valence-corrected chi connectivity index (χ2v) is 5.24. The monoisotopic (exact) mass is 325 g/mol. The molecule has 1 rings (SSSR count). The summed E-state index contributed by atoms with van der Waals surface area (Å²) in [7, 11) is 1.58. The molecule has 6 heteroatoms. The maximum atomic E-state index is 11.7. The van der Waals surface area contributed by atoms with Gasteiger partial charge in [-0.3, -0.25) is 9.59 Å². The maximum Gasteiger partial charge on any atom is 0.246 e. The van der Waals surface area contributed by atoms with Crippen LogP contribution in [0.15, 0.2) is 34.5 Å². The van der Waals surface area contributed by atoms with E-state index in [9.17, 15) is 9.59 Å². The van der Waals surface area contributed by atoms with E-state index in [2.05, 4.69) is 26.2 Å². The molecule has 2 amide bonds.